The molecule has 2 atom stereocenters. The standard InChI is InChI=1S/C21H24N2O4/c1-4-27-15-8-6-14(7-9-15)22-20(24)16-12-17(16)21(25)23-18-11-13(2)5-10-19(18)26-3/h5-11,16-17H,4,12H2,1-3H3,(H,22,24)(H,23,25). The Morgan fingerprint density at radius 1 is 1.04 bits per heavy atom. The van der Waals surface area contributed by atoms with Crippen molar-refractivity contribution in [1.29, 1.82) is 0 Å². The fourth-order valence-corrected chi connectivity index (χ4v) is 2.96. The third-order valence-corrected chi connectivity index (χ3v) is 4.51. The molecule has 1 saturated carbocycles. The summed E-state index contributed by atoms with van der Waals surface area (Å²) in [6, 6.07) is 12.8. The van der Waals surface area contributed by atoms with Crippen molar-refractivity contribution in [3.8, 4) is 11.5 Å². The molecule has 1 aliphatic carbocycles. The van der Waals surface area contributed by atoms with Crippen molar-refractivity contribution in [1.82, 2.24) is 0 Å². The monoisotopic (exact) mass is 368 g/mol. The maximum absolute atomic E-state index is 12.5. The Morgan fingerprint density at radius 2 is 1.70 bits per heavy atom. The topological polar surface area (TPSA) is 76.7 Å². The van der Waals surface area contributed by atoms with Crippen molar-refractivity contribution in [3.05, 3.63) is 48.0 Å². The molecule has 6 heteroatoms. The first kappa shape index (κ1) is 18.8. The minimum absolute atomic E-state index is 0.143. The smallest absolute Gasteiger partial charge is 0.228 e. The summed E-state index contributed by atoms with van der Waals surface area (Å²) in [4.78, 5) is 24.9. The van der Waals surface area contributed by atoms with Gasteiger partial charge in [-0.15, -0.1) is 0 Å². The summed E-state index contributed by atoms with van der Waals surface area (Å²) in [7, 11) is 1.56. The zero-order chi connectivity index (χ0) is 19.4. The zero-order valence-corrected chi connectivity index (χ0v) is 15.7. The lowest BCUT2D eigenvalue weighted by Crippen LogP contribution is -2.20. The van der Waals surface area contributed by atoms with E-state index < -0.39 is 0 Å². The third-order valence-electron chi connectivity index (χ3n) is 4.51. The Balaban J connectivity index is 1.56. The average molecular weight is 368 g/mol. The molecule has 3 rings (SSSR count). The number of hydrogen-bond acceptors (Lipinski definition) is 4. The minimum atomic E-state index is -0.321. The van der Waals surface area contributed by atoms with Crippen molar-refractivity contribution >= 4 is 23.2 Å². The van der Waals surface area contributed by atoms with E-state index >= 15 is 0 Å². The number of carbonyl (C=O) groups excluding carboxylic acids is 2. The van der Waals surface area contributed by atoms with Gasteiger partial charge in [0.15, 0.2) is 0 Å². The Morgan fingerprint density at radius 3 is 2.33 bits per heavy atom. The van der Waals surface area contributed by atoms with E-state index in [4.69, 9.17) is 9.47 Å². The van der Waals surface area contributed by atoms with Crippen molar-refractivity contribution < 1.29 is 19.1 Å². The summed E-state index contributed by atoms with van der Waals surface area (Å²) < 4.78 is 10.7. The van der Waals surface area contributed by atoms with Gasteiger partial charge in [-0.3, -0.25) is 9.59 Å². The largest absolute Gasteiger partial charge is 0.495 e. The van der Waals surface area contributed by atoms with E-state index in [0.29, 0.717) is 30.2 Å². The molecule has 0 spiro atoms. The van der Waals surface area contributed by atoms with Crippen LogP contribution >= 0.6 is 0 Å². The molecule has 2 N–H and O–H groups in total. The zero-order valence-electron chi connectivity index (χ0n) is 15.7. The van der Waals surface area contributed by atoms with Gasteiger partial charge in [0.05, 0.1) is 31.2 Å². The quantitative estimate of drug-likeness (QED) is 0.783. The second-order valence-electron chi connectivity index (χ2n) is 6.59. The minimum Gasteiger partial charge on any atom is -0.495 e. The van der Waals surface area contributed by atoms with E-state index in [2.05, 4.69) is 10.6 Å². The van der Waals surface area contributed by atoms with E-state index in [-0.39, 0.29) is 23.7 Å². The molecule has 2 aromatic carbocycles. The first-order valence-electron chi connectivity index (χ1n) is 9.01. The number of benzene rings is 2. The molecule has 6 nitrogen and oxygen atoms in total. The van der Waals surface area contributed by atoms with Gasteiger partial charge in [0, 0.05) is 5.69 Å². The lowest BCUT2D eigenvalue weighted by Gasteiger charge is -2.11. The Bertz CT molecular complexity index is 833. The van der Waals surface area contributed by atoms with Crippen LogP contribution in [0.4, 0.5) is 11.4 Å². The highest BCUT2D eigenvalue weighted by atomic mass is 16.5. The predicted octanol–water partition coefficient (Wildman–Crippen LogP) is 3.62. The number of carbonyl (C=O) groups is 2. The molecule has 27 heavy (non-hydrogen) atoms. The van der Waals surface area contributed by atoms with Crippen LogP contribution in [0.2, 0.25) is 0 Å². The van der Waals surface area contributed by atoms with Crippen molar-refractivity contribution in [2.45, 2.75) is 20.3 Å². The number of hydrogen-bond donors (Lipinski definition) is 2. The summed E-state index contributed by atoms with van der Waals surface area (Å²) >= 11 is 0. The summed E-state index contributed by atoms with van der Waals surface area (Å²) in [6.07, 6.45) is 0.544. The van der Waals surface area contributed by atoms with E-state index in [0.717, 1.165) is 11.3 Å². The van der Waals surface area contributed by atoms with Gasteiger partial charge in [0.1, 0.15) is 11.5 Å². The number of amides is 2. The first-order valence-corrected chi connectivity index (χ1v) is 9.01. The van der Waals surface area contributed by atoms with E-state index in [1.807, 2.05) is 32.0 Å². The van der Waals surface area contributed by atoms with Gasteiger partial charge >= 0.3 is 0 Å². The normalized spacial score (nSPS) is 17.7. The van der Waals surface area contributed by atoms with Crippen LogP contribution in [0.15, 0.2) is 42.5 Å². The van der Waals surface area contributed by atoms with Crippen LogP contribution in [0.1, 0.15) is 18.9 Å². The fourth-order valence-electron chi connectivity index (χ4n) is 2.96. The van der Waals surface area contributed by atoms with Gasteiger partial charge in [0.25, 0.3) is 0 Å². The molecule has 0 aliphatic heterocycles. The maximum atomic E-state index is 12.5. The van der Waals surface area contributed by atoms with Gasteiger partial charge in [-0.1, -0.05) is 6.07 Å². The average Bonchev–Trinajstić information content (AvgIpc) is 3.45. The van der Waals surface area contributed by atoms with Gasteiger partial charge in [-0.2, -0.15) is 0 Å². The number of nitrogens with one attached hydrogen (secondary N) is 2. The molecular formula is C21H24N2O4. The Kier molecular flexibility index (Phi) is 5.64. The second-order valence-corrected chi connectivity index (χ2v) is 6.59. The highest BCUT2D eigenvalue weighted by Gasteiger charge is 2.48. The molecule has 2 amide bonds. The van der Waals surface area contributed by atoms with Crippen LogP contribution in [-0.2, 0) is 9.59 Å². The summed E-state index contributed by atoms with van der Waals surface area (Å²) in [5, 5.41) is 5.73. The second kappa shape index (κ2) is 8.12. The highest BCUT2D eigenvalue weighted by Crippen LogP contribution is 2.41. The van der Waals surface area contributed by atoms with Gasteiger partial charge < -0.3 is 20.1 Å². The third kappa shape index (κ3) is 4.58. The Hall–Kier alpha value is -3.02. The molecule has 0 bridgehead atoms. The molecule has 1 aliphatic rings. The number of rotatable bonds is 7. The van der Waals surface area contributed by atoms with Crippen LogP contribution in [0, 0.1) is 18.8 Å². The fraction of sp³-hybridized carbons (Fsp3) is 0.333. The van der Waals surface area contributed by atoms with E-state index in [1.165, 1.54) is 0 Å². The number of aryl methyl sites for hydroxylation is 1. The lowest BCUT2D eigenvalue weighted by atomic mass is 10.2. The molecule has 142 valence electrons. The number of methoxy groups -OCH3 is 1. The Labute approximate surface area is 158 Å². The van der Waals surface area contributed by atoms with Crippen LogP contribution in [0.5, 0.6) is 11.5 Å². The molecule has 0 radical (unpaired) electrons. The molecule has 2 unspecified atom stereocenters. The summed E-state index contributed by atoms with van der Waals surface area (Å²) in [5.74, 6) is 0.419. The molecule has 2 aromatic rings. The van der Waals surface area contributed by atoms with Crippen molar-refractivity contribution in [2.75, 3.05) is 24.4 Å². The number of anilines is 2. The SMILES string of the molecule is CCOc1ccc(NC(=O)C2CC2C(=O)Nc2cc(C)ccc2OC)cc1. The first-order chi connectivity index (χ1) is 13.0. The predicted molar refractivity (Wildman–Crippen MR) is 104 cm³/mol. The van der Waals surface area contributed by atoms with Crippen LogP contribution in [-0.4, -0.2) is 25.5 Å². The van der Waals surface area contributed by atoms with E-state index in [1.54, 1.807) is 31.4 Å². The van der Waals surface area contributed by atoms with Gasteiger partial charge in [0.2, 0.25) is 11.8 Å². The molecule has 0 aromatic heterocycles. The number of ether oxygens (including phenoxy) is 2. The van der Waals surface area contributed by atoms with Crippen LogP contribution in [0.25, 0.3) is 0 Å². The highest BCUT2D eigenvalue weighted by molar-refractivity contribution is 6.03. The molecule has 0 saturated heterocycles. The molecule has 0 heterocycles. The van der Waals surface area contributed by atoms with Crippen molar-refractivity contribution in [3.63, 3.8) is 0 Å². The van der Waals surface area contributed by atoms with E-state index in [9.17, 15) is 9.59 Å². The van der Waals surface area contributed by atoms with Crippen molar-refractivity contribution in [2.24, 2.45) is 11.8 Å². The molecular weight excluding hydrogens is 344 g/mol. The van der Waals surface area contributed by atoms with Gasteiger partial charge in [-0.25, -0.2) is 0 Å². The van der Waals surface area contributed by atoms with Crippen LogP contribution < -0.4 is 20.1 Å². The summed E-state index contributed by atoms with van der Waals surface area (Å²) in [6.45, 7) is 4.45. The van der Waals surface area contributed by atoms with Gasteiger partial charge in [-0.05, 0) is 62.2 Å². The summed E-state index contributed by atoms with van der Waals surface area (Å²) in [5.41, 5.74) is 2.33. The molecule has 1 fully saturated rings. The van der Waals surface area contributed by atoms with Crippen LogP contribution in [0.3, 0.4) is 0 Å². The maximum Gasteiger partial charge on any atom is 0.228 e. The lowest BCUT2D eigenvalue weighted by molar-refractivity contribution is -0.122.